The van der Waals surface area contributed by atoms with Crippen LogP contribution < -0.4 is 5.32 Å². The Labute approximate surface area is 212 Å². The van der Waals surface area contributed by atoms with E-state index in [0.29, 0.717) is 16.8 Å². The number of aromatic nitrogens is 4. The van der Waals surface area contributed by atoms with Gasteiger partial charge in [0.2, 0.25) is 5.91 Å². The molecule has 0 bridgehead atoms. The molecule has 4 rings (SSSR count). The Kier molecular flexibility index (Phi) is 7.79. The summed E-state index contributed by atoms with van der Waals surface area (Å²) in [4.78, 5) is 17.5. The van der Waals surface area contributed by atoms with Crippen molar-refractivity contribution >= 4 is 44.0 Å². The molecule has 0 aliphatic rings. The fourth-order valence-electron chi connectivity index (χ4n) is 3.20. The second-order valence-electron chi connectivity index (χ2n) is 7.52. The second-order valence-corrected chi connectivity index (χ2v) is 11.7. The van der Waals surface area contributed by atoms with Crippen molar-refractivity contribution in [1.29, 1.82) is 0 Å². The summed E-state index contributed by atoms with van der Waals surface area (Å²) in [7, 11) is -3.60. The number of thioether (sulfide) groups is 1. The van der Waals surface area contributed by atoms with Crippen molar-refractivity contribution in [3.8, 4) is 11.3 Å². The first-order valence-corrected chi connectivity index (χ1v) is 14.1. The third-order valence-corrected chi connectivity index (χ3v) is 8.45. The second kappa shape index (κ2) is 11.0. The largest absolute Gasteiger partial charge is 0.301 e. The summed E-state index contributed by atoms with van der Waals surface area (Å²) < 4.78 is 27.3. The van der Waals surface area contributed by atoms with Gasteiger partial charge < -0.3 is 9.88 Å². The Morgan fingerprint density at radius 3 is 2.51 bits per heavy atom. The molecular formula is C24H23N5O3S3. The van der Waals surface area contributed by atoms with Gasteiger partial charge in [0.25, 0.3) is 0 Å². The molecule has 0 fully saturated rings. The quantitative estimate of drug-likeness (QED) is 0.237. The minimum Gasteiger partial charge on any atom is -0.301 e. The van der Waals surface area contributed by atoms with Gasteiger partial charge in [0.1, 0.15) is 11.6 Å². The van der Waals surface area contributed by atoms with Crippen molar-refractivity contribution in [2.75, 3.05) is 5.32 Å². The highest BCUT2D eigenvalue weighted by atomic mass is 32.2. The van der Waals surface area contributed by atoms with E-state index in [1.54, 1.807) is 47.9 Å². The third kappa shape index (κ3) is 6.05. The maximum absolute atomic E-state index is 12.8. The molecule has 0 aliphatic heterocycles. The molecule has 11 heteroatoms. The molecule has 0 radical (unpaired) electrons. The Morgan fingerprint density at radius 1 is 1.14 bits per heavy atom. The molecule has 1 N–H and O–H groups in total. The number of nitrogens with zero attached hydrogens (tertiary/aromatic N) is 4. The van der Waals surface area contributed by atoms with Crippen LogP contribution in [0.15, 0.2) is 88.8 Å². The number of thiazole rings is 1. The molecule has 0 saturated carbocycles. The molecule has 8 nitrogen and oxygen atoms in total. The van der Waals surface area contributed by atoms with E-state index in [2.05, 4.69) is 27.1 Å². The molecule has 2 aromatic heterocycles. The normalized spacial score (nSPS) is 12.3. The molecule has 2 aromatic carbocycles. The van der Waals surface area contributed by atoms with Crippen LogP contribution in [0.5, 0.6) is 0 Å². The van der Waals surface area contributed by atoms with E-state index in [9.17, 15) is 13.2 Å². The summed E-state index contributed by atoms with van der Waals surface area (Å²) in [6.45, 7) is 5.81. The number of hydrogen-bond donors (Lipinski definition) is 1. The van der Waals surface area contributed by atoms with Gasteiger partial charge in [-0.1, -0.05) is 66.4 Å². The van der Waals surface area contributed by atoms with E-state index in [-0.39, 0.29) is 22.4 Å². The predicted molar refractivity (Wildman–Crippen MR) is 139 cm³/mol. The van der Waals surface area contributed by atoms with Crippen LogP contribution in [0.1, 0.15) is 12.7 Å². The van der Waals surface area contributed by atoms with Gasteiger partial charge in [-0.2, -0.15) is 0 Å². The van der Waals surface area contributed by atoms with Crippen LogP contribution in [0.2, 0.25) is 0 Å². The molecule has 0 spiro atoms. The van der Waals surface area contributed by atoms with E-state index in [4.69, 9.17) is 0 Å². The van der Waals surface area contributed by atoms with E-state index in [0.717, 1.165) is 11.3 Å². The van der Waals surface area contributed by atoms with Crippen LogP contribution in [0.4, 0.5) is 5.13 Å². The number of allylic oxidation sites excluding steroid dienone is 1. The molecule has 35 heavy (non-hydrogen) atoms. The number of rotatable bonds is 10. The molecule has 180 valence electrons. The fourth-order valence-corrected chi connectivity index (χ4v) is 6.09. The summed E-state index contributed by atoms with van der Waals surface area (Å²) >= 11 is 2.55. The lowest BCUT2D eigenvalue weighted by Gasteiger charge is -2.12. The van der Waals surface area contributed by atoms with Crippen molar-refractivity contribution in [2.24, 2.45) is 0 Å². The molecule has 0 saturated heterocycles. The van der Waals surface area contributed by atoms with Crippen molar-refractivity contribution in [2.45, 2.75) is 34.5 Å². The summed E-state index contributed by atoms with van der Waals surface area (Å²) in [5.74, 6) is -0.257. The van der Waals surface area contributed by atoms with Crippen LogP contribution in [0, 0.1) is 0 Å². The first-order chi connectivity index (χ1) is 16.9. The van der Waals surface area contributed by atoms with E-state index >= 15 is 0 Å². The maximum Gasteiger partial charge on any atom is 0.239 e. The molecule has 0 aliphatic carbocycles. The molecule has 1 atom stereocenters. The number of amides is 1. The van der Waals surface area contributed by atoms with Gasteiger partial charge in [-0.05, 0) is 19.1 Å². The number of carbonyl (C=O) groups is 1. The van der Waals surface area contributed by atoms with Crippen LogP contribution in [0.3, 0.4) is 0 Å². The van der Waals surface area contributed by atoms with Gasteiger partial charge in [0.05, 0.1) is 15.8 Å². The average molecular weight is 526 g/mol. The Balaban J connectivity index is 1.46. The lowest BCUT2D eigenvalue weighted by Crippen LogP contribution is -2.23. The highest BCUT2D eigenvalue weighted by Gasteiger charge is 2.24. The van der Waals surface area contributed by atoms with E-state index < -0.39 is 15.1 Å². The van der Waals surface area contributed by atoms with Crippen molar-refractivity contribution in [3.63, 3.8) is 0 Å². The van der Waals surface area contributed by atoms with Crippen molar-refractivity contribution in [1.82, 2.24) is 19.7 Å². The standard InChI is InChI=1S/C24H23N5O3S3/c1-3-14-29-21(16-35(31,32)19-12-8-5-9-13-19)27-28-24(29)34-17(2)22(30)26-23-25-20(15-33-23)18-10-6-4-7-11-18/h3-13,15,17H,1,14,16H2,2H3,(H,25,26,30). The SMILES string of the molecule is C=CCn1c(CS(=O)(=O)c2ccccc2)nnc1SC(C)C(=O)Nc1nc(-c2ccccc2)cs1. The lowest BCUT2D eigenvalue weighted by molar-refractivity contribution is -0.115. The van der Waals surface area contributed by atoms with Gasteiger partial charge in [0.15, 0.2) is 20.1 Å². The Hall–Kier alpha value is -3.28. The summed E-state index contributed by atoms with van der Waals surface area (Å²) in [5.41, 5.74) is 1.77. The maximum atomic E-state index is 12.8. The van der Waals surface area contributed by atoms with Crippen molar-refractivity contribution in [3.05, 3.63) is 84.5 Å². The monoisotopic (exact) mass is 525 g/mol. The minimum atomic E-state index is -3.60. The number of nitrogens with one attached hydrogen (secondary N) is 1. The number of hydrogen-bond acceptors (Lipinski definition) is 8. The van der Waals surface area contributed by atoms with Gasteiger partial charge in [-0.25, -0.2) is 13.4 Å². The van der Waals surface area contributed by atoms with Gasteiger partial charge in [0, 0.05) is 17.5 Å². The zero-order valence-corrected chi connectivity index (χ0v) is 21.3. The highest BCUT2D eigenvalue weighted by Crippen LogP contribution is 2.28. The zero-order chi connectivity index (χ0) is 24.8. The molecule has 4 aromatic rings. The molecular weight excluding hydrogens is 502 g/mol. The van der Waals surface area contributed by atoms with Gasteiger partial charge >= 0.3 is 0 Å². The van der Waals surface area contributed by atoms with Gasteiger partial charge in [-0.3, -0.25) is 4.79 Å². The van der Waals surface area contributed by atoms with Gasteiger partial charge in [-0.15, -0.1) is 28.1 Å². The highest BCUT2D eigenvalue weighted by molar-refractivity contribution is 8.00. The van der Waals surface area contributed by atoms with Crippen molar-refractivity contribution < 1.29 is 13.2 Å². The smallest absolute Gasteiger partial charge is 0.239 e. The summed E-state index contributed by atoms with van der Waals surface area (Å²) in [5, 5.41) is 13.4. The first-order valence-electron chi connectivity index (χ1n) is 10.7. The summed E-state index contributed by atoms with van der Waals surface area (Å²) in [6.07, 6.45) is 1.64. The topological polar surface area (TPSA) is 107 Å². The first kappa shape index (κ1) is 24.8. The lowest BCUT2D eigenvalue weighted by atomic mass is 10.2. The zero-order valence-electron chi connectivity index (χ0n) is 18.9. The number of carbonyl (C=O) groups excluding carboxylic acids is 1. The van der Waals surface area contributed by atoms with E-state index in [1.807, 2.05) is 35.7 Å². The molecule has 2 heterocycles. The predicted octanol–water partition coefficient (Wildman–Crippen LogP) is 4.68. The number of benzene rings is 2. The van der Waals surface area contributed by atoms with Crippen LogP contribution in [-0.2, 0) is 26.9 Å². The Bertz CT molecular complexity index is 1420. The number of sulfone groups is 1. The summed E-state index contributed by atoms with van der Waals surface area (Å²) in [6, 6.07) is 17.9. The Morgan fingerprint density at radius 2 is 1.83 bits per heavy atom. The minimum absolute atomic E-state index is 0.216. The molecule has 1 amide bonds. The average Bonchev–Trinajstić information content (AvgIpc) is 3.48. The van der Waals surface area contributed by atoms with Crippen LogP contribution >= 0.6 is 23.1 Å². The third-order valence-electron chi connectivity index (χ3n) is 4.98. The van der Waals surface area contributed by atoms with E-state index in [1.165, 1.54) is 23.1 Å². The number of anilines is 1. The fraction of sp³-hybridized carbons (Fsp3) is 0.167. The molecule has 1 unspecified atom stereocenters. The van der Waals surface area contributed by atoms with Crippen LogP contribution in [-0.4, -0.2) is 39.3 Å². The van der Waals surface area contributed by atoms with Crippen LogP contribution in [0.25, 0.3) is 11.3 Å².